The molecular weight excluding hydrogens is 508 g/mol. The van der Waals surface area contributed by atoms with E-state index in [0.717, 1.165) is 16.8 Å². The normalized spacial score (nSPS) is 15.1. The van der Waals surface area contributed by atoms with Gasteiger partial charge in [-0.1, -0.05) is 11.6 Å². The number of hydrogen-bond donors (Lipinski definition) is 2. The van der Waals surface area contributed by atoms with E-state index in [-0.39, 0.29) is 30.7 Å². The summed E-state index contributed by atoms with van der Waals surface area (Å²) in [5.41, 5.74) is 4.05. The molecule has 3 heterocycles. The van der Waals surface area contributed by atoms with E-state index in [1.165, 1.54) is 0 Å². The van der Waals surface area contributed by atoms with Crippen LogP contribution >= 0.6 is 11.6 Å². The minimum atomic E-state index is -0.243. The maximum Gasteiger partial charge on any atom is 0.320 e. The molecule has 0 bridgehead atoms. The molecule has 0 radical (unpaired) electrons. The smallest absolute Gasteiger partial charge is 0.320 e. The summed E-state index contributed by atoms with van der Waals surface area (Å²) in [7, 11) is 0. The molecule has 2 N–H and O–H groups in total. The Bertz CT molecular complexity index is 1370. The van der Waals surface area contributed by atoms with Gasteiger partial charge in [-0.15, -0.1) is 0 Å². The SMILES string of the molecule is CCOC(=O)CN1CCN(C(=O)c2ccc(Nc3ncc4c(n3)-c3ccc(Cl)cc3NC(=O)C4)cc2)CC1. The Kier molecular flexibility index (Phi) is 7.52. The van der Waals surface area contributed by atoms with Crippen molar-refractivity contribution in [1.82, 2.24) is 19.8 Å². The first-order valence-electron chi connectivity index (χ1n) is 12.4. The first-order chi connectivity index (χ1) is 18.4. The number of benzene rings is 2. The number of piperazine rings is 1. The lowest BCUT2D eigenvalue weighted by molar-refractivity contribution is -0.144. The summed E-state index contributed by atoms with van der Waals surface area (Å²) in [6, 6.07) is 12.4. The summed E-state index contributed by atoms with van der Waals surface area (Å²) >= 11 is 6.12. The highest BCUT2D eigenvalue weighted by Crippen LogP contribution is 2.34. The van der Waals surface area contributed by atoms with Crippen LogP contribution in [0.25, 0.3) is 11.3 Å². The first-order valence-corrected chi connectivity index (χ1v) is 12.8. The molecule has 0 unspecified atom stereocenters. The van der Waals surface area contributed by atoms with Gasteiger partial charge in [0, 0.05) is 59.8 Å². The third-order valence-electron chi connectivity index (χ3n) is 6.43. The summed E-state index contributed by atoms with van der Waals surface area (Å²) < 4.78 is 5.00. The second-order valence-electron chi connectivity index (χ2n) is 9.06. The Labute approximate surface area is 225 Å². The summed E-state index contributed by atoms with van der Waals surface area (Å²) in [4.78, 5) is 49.8. The van der Waals surface area contributed by atoms with Gasteiger partial charge in [0.15, 0.2) is 0 Å². The van der Waals surface area contributed by atoms with Crippen molar-refractivity contribution in [2.24, 2.45) is 0 Å². The van der Waals surface area contributed by atoms with E-state index in [0.29, 0.717) is 60.7 Å². The second-order valence-corrected chi connectivity index (χ2v) is 9.49. The molecule has 196 valence electrons. The lowest BCUT2D eigenvalue weighted by Gasteiger charge is -2.34. The van der Waals surface area contributed by atoms with E-state index in [1.54, 1.807) is 54.4 Å². The topological polar surface area (TPSA) is 117 Å². The van der Waals surface area contributed by atoms with Crippen LogP contribution in [0.1, 0.15) is 22.8 Å². The van der Waals surface area contributed by atoms with E-state index < -0.39 is 0 Å². The van der Waals surface area contributed by atoms with Crippen molar-refractivity contribution in [2.75, 3.05) is 50.0 Å². The Balaban J connectivity index is 1.24. The van der Waals surface area contributed by atoms with Crippen molar-refractivity contribution in [1.29, 1.82) is 0 Å². The number of esters is 1. The molecule has 2 aliphatic rings. The van der Waals surface area contributed by atoms with Crippen LogP contribution in [-0.4, -0.2) is 76.9 Å². The number of ether oxygens (including phenoxy) is 1. The number of carbonyl (C=O) groups excluding carboxylic acids is 3. The van der Waals surface area contributed by atoms with Gasteiger partial charge in [0.25, 0.3) is 5.91 Å². The van der Waals surface area contributed by atoms with Crippen LogP contribution in [0, 0.1) is 0 Å². The molecule has 2 amide bonds. The number of rotatable bonds is 6. The van der Waals surface area contributed by atoms with E-state index in [4.69, 9.17) is 16.3 Å². The van der Waals surface area contributed by atoms with Gasteiger partial charge in [-0.05, 0) is 49.4 Å². The number of nitrogens with zero attached hydrogens (tertiary/aromatic N) is 4. The fourth-order valence-corrected chi connectivity index (χ4v) is 4.70. The third kappa shape index (κ3) is 5.76. The molecule has 0 spiro atoms. The van der Waals surface area contributed by atoms with E-state index in [1.807, 2.05) is 11.0 Å². The van der Waals surface area contributed by atoms with Gasteiger partial charge in [-0.25, -0.2) is 9.97 Å². The van der Waals surface area contributed by atoms with Gasteiger partial charge in [-0.3, -0.25) is 19.3 Å². The standard InChI is InChI=1S/C27H27ClN6O4/c1-2-38-24(36)16-33-9-11-34(12-10-33)26(37)17-3-6-20(7-4-17)30-27-29-15-18-13-23(35)31-22-14-19(28)5-8-21(22)25(18)32-27/h3-8,14-15H,2,9-13,16H2,1H3,(H,31,35)(H,29,30,32). The fourth-order valence-electron chi connectivity index (χ4n) is 4.53. The van der Waals surface area contributed by atoms with Crippen LogP contribution < -0.4 is 10.6 Å². The average Bonchev–Trinajstić information content (AvgIpc) is 3.04. The van der Waals surface area contributed by atoms with Crippen LogP contribution in [-0.2, 0) is 20.7 Å². The predicted molar refractivity (Wildman–Crippen MR) is 144 cm³/mol. The van der Waals surface area contributed by atoms with Crippen LogP contribution in [0.15, 0.2) is 48.7 Å². The molecule has 3 aromatic rings. The quantitative estimate of drug-likeness (QED) is 0.462. The van der Waals surface area contributed by atoms with Crippen molar-refractivity contribution in [2.45, 2.75) is 13.3 Å². The lowest BCUT2D eigenvalue weighted by Crippen LogP contribution is -2.50. The second kappa shape index (κ2) is 11.2. The summed E-state index contributed by atoms with van der Waals surface area (Å²) in [5.74, 6) is -0.0818. The van der Waals surface area contributed by atoms with Crippen LogP contribution in [0.5, 0.6) is 0 Å². The number of fused-ring (bicyclic) bond motifs is 3. The molecule has 1 aromatic heterocycles. The molecule has 5 rings (SSSR count). The predicted octanol–water partition coefficient (Wildman–Crippen LogP) is 3.36. The fraction of sp³-hybridized carbons (Fsp3) is 0.296. The van der Waals surface area contributed by atoms with E-state index >= 15 is 0 Å². The zero-order valence-corrected chi connectivity index (χ0v) is 21.6. The van der Waals surface area contributed by atoms with Gasteiger partial charge in [0.2, 0.25) is 11.9 Å². The number of amides is 2. The number of hydrogen-bond acceptors (Lipinski definition) is 8. The van der Waals surface area contributed by atoms with Gasteiger partial charge in [-0.2, -0.15) is 0 Å². The summed E-state index contributed by atoms with van der Waals surface area (Å²) in [5, 5.41) is 6.57. The van der Waals surface area contributed by atoms with Gasteiger partial charge < -0.3 is 20.3 Å². The highest BCUT2D eigenvalue weighted by molar-refractivity contribution is 6.31. The van der Waals surface area contributed by atoms with Crippen molar-refractivity contribution in [3.05, 3.63) is 64.8 Å². The highest BCUT2D eigenvalue weighted by Gasteiger charge is 2.24. The van der Waals surface area contributed by atoms with Crippen molar-refractivity contribution >= 4 is 46.7 Å². The molecule has 0 saturated carbocycles. The molecule has 10 nitrogen and oxygen atoms in total. The molecule has 2 aliphatic heterocycles. The lowest BCUT2D eigenvalue weighted by atomic mass is 10.1. The Hall–Kier alpha value is -4.02. The minimum Gasteiger partial charge on any atom is -0.465 e. The molecule has 0 atom stereocenters. The zero-order chi connectivity index (χ0) is 26.6. The molecule has 1 fully saturated rings. The first kappa shape index (κ1) is 25.6. The van der Waals surface area contributed by atoms with Gasteiger partial charge >= 0.3 is 5.97 Å². The molecule has 11 heteroatoms. The van der Waals surface area contributed by atoms with Crippen LogP contribution in [0.3, 0.4) is 0 Å². The molecule has 0 aliphatic carbocycles. The number of aromatic nitrogens is 2. The molecule has 38 heavy (non-hydrogen) atoms. The van der Waals surface area contributed by atoms with Crippen molar-refractivity contribution in [3.8, 4) is 11.3 Å². The summed E-state index contributed by atoms with van der Waals surface area (Å²) in [6.07, 6.45) is 1.81. The van der Waals surface area contributed by atoms with Crippen molar-refractivity contribution < 1.29 is 19.1 Å². The largest absolute Gasteiger partial charge is 0.465 e. The van der Waals surface area contributed by atoms with Crippen LogP contribution in [0.2, 0.25) is 5.02 Å². The Morgan fingerprint density at radius 3 is 2.61 bits per heavy atom. The average molecular weight is 535 g/mol. The zero-order valence-electron chi connectivity index (χ0n) is 20.9. The Morgan fingerprint density at radius 1 is 1.11 bits per heavy atom. The number of halogens is 1. The highest BCUT2D eigenvalue weighted by atomic mass is 35.5. The van der Waals surface area contributed by atoms with E-state index in [9.17, 15) is 14.4 Å². The summed E-state index contributed by atoms with van der Waals surface area (Å²) in [6.45, 7) is 4.73. The van der Waals surface area contributed by atoms with Gasteiger partial charge in [0.05, 0.1) is 31.0 Å². The number of carbonyl (C=O) groups is 3. The third-order valence-corrected chi connectivity index (χ3v) is 6.67. The monoisotopic (exact) mass is 534 g/mol. The molecule has 1 saturated heterocycles. The number of anilines is 3. The van der Waals surface area contributed by atoms with E-state index in [2.05, 4.69) is 20.6 Å². The maximum absolute atomic E-state index is 13.0. The minimum absolute atomic E-state index is 0.0546. The van der Waals surface area contributed by atoms with Crippen molar-refractivity contribution in [3.63, 3.8) is 0 Å². The molecular formula is C27H27ClN6O4. The van der Waals surface area contributed by atoms with Gasteiger partial charge in [0.1, 0.15) is 0 Å². The Morgan fingerprint density at radius 2 is 1.87 bits per heavy atom. The van der Waals surface area contributed by atoms with Crippen LogP contribution in [0.4, 0.5) is 17.3 Å². The maximum atomic E-state index is 13.0. The molecule has 2 aromatic carbocycles. The number of nitrogens with one attached hydrogen (secondary N) is 2.